The van der Waals surface area contributed by atoms with Gasteiger partial charge in [0.15, 0.2) is 0 Å². The summed E-state index contributed by atoms with van der Waals surface area (Å²) in [6, 6.07) is 12.3. The summed E-state index contributed by atoms with van der Waals surface area (Å²) in [6.07, 6.45) is 4.12. The predicted molar refractivity (Wildman–Crippen MR) is 122 cm³/mol. The van der Waals surface area contributed by atoms with Crippen LogP contribution in [0, 0.1) is 18.7 Å². The highest BCUT2D eigenvalue weighted by Crippen LogP contribution is 2.27. The molecule has 2 heterocycles. The molecule has 1 saturated heterocycles. The van der Waals surface area contributed by atoms with Crippen molar-refractivity contribution in [3.63, 3.8) is 0 Å². The highest BCUT2D eigenvalue weighted by Gasteiger charge is 2.34. The average molecular weight is 471 g/mol. The number of rotatable bonds is 6. The van der Waals surface area contributed by atoms with Crippen molar-refractivity contribution < 1.29 is 17.6 Å². The zero-order chi connectivity index (χ0) is 23.6. The molecule has 0 radical (unpaired) electrons. The number of hydrogen-bond acceptors (Lipinski definition) is 4. The van der Waals surface area contributed by atoms with E-state index in [1.807, 2.05) is 6.92 Å². The van der Waals surface area contributed by atoms with Gasteiger partial charge in [-0.15, -0.1) is 0 Å². The third-order valence-corrected chi connectivity index (χ3v) is 8.02. The highest BCUT2D eigenvalue weighted by atomic mass is 32.2. The lowest BCUT2D eigenvalue weighted by Gasteiger charge is -2.31. The van der Waals surface area contributed by atoms with E-state index in [1.54, 1.807) is 66.5 Å². The topological polar surface area (TPSA) is 84.3 Å². The standard InChI is InChI=1S/C24H27FN4O3S/c1-17-7-9-19(10-8-17)33(31,32)29-14-11-18(12-15-29)24(30)27-22(23-26-13-16-28(23)2)20-5-3-4-6-21(20)25/h3-10,13,16,18,22H,11-12,14-15H2,1-2H3,(H,27,30)/t22-/m0/s1. The molecule has 174 valence electrons. The molecule has 1 amide bonds. The lowest BCUT2D eigenvalue weighted by Crippen LogP contribution is -2.44. The van der Waals surface area contributed by atoms with Gasteiger partial charge in [-0.25, -0.2) is 17.8 Å². The van der Waals surface area contributed by atoms with E-state index in [-0.39, 0.29) is 29.8 Å². The second-order valence-corrected chi connectivity index (χ2v) is 10.3. The van der Waals surface area contributed by atoms with E-state index in [4.69, 9.17) is 0 Å². The van der Waals surface area contributed by atoms with Gasteiger partial charge in [0.1, 0.15) is 17.7 Å². The Morgan fingerprint density at radius 3 is 2.39 bits per heavy atom. The summed E-state index contributed by atoms with van der Waals surface area (Å²) < 4.78 is 43.6. The molecule has 0 aliphatic carbocycles. The zero-order valence-electron chi connectivity index (χ0n) is 18.6. The van der Waals surface area contributed by atoms with Gasteiger partial charge in [-0.1, -0.05) is 35.9 Å². The minimum Gasteiger partial charge on any atom is -0.342 e. The number of nitrogens with zero attached hydrogens (tertiary/aromatic N) is 3. The lowest BCUT2D eigenvalue weighted by molar-refractivity contribution is -0.126. The Morgan fingerprint density at radius 1 is 1.12 bits per heavy atom. The summed E-state index contributed by atoms with van der Waals surface area (Å²) in [5.41, 5.74) is 1.32. The fourth-order valence-corrected chi connectivity index (χ4v) is 5.59. The molecule has 3 aromatic rings. The number of carbonyl (C=O) groups excluding carboxylic acids is 1. The molecule has 1 atom stereocenters. The van der Waals surface area contributed by atoms with Gasteiger partial charge < -0.3 is 9.88 Å². The largest absolute Gasteiger partial charge is 0.342 e. The molecule has 1 aliphatic rings. The number of nitrogens with one attached hydrogen (secondary N) is 1. The molecule has 0 saturated carbocycles. The van der Waals surface area contributed by atoms with Crippen LogP contribution in [0.4, 0.5) is 4.39 Å². The Hall–Kier alpha value is -3.04. The maximum absolute atomic E-state index is 14.6. The van der Waals surface area contributed by atoms with E-state index in [2.05, 4.69) is 10.3 Å². The Bertz CT molecular complexity index is 1230. The monoisotopic (exact) mass is 470 g/mol. The smallest absolute Gasteiger partial charge is 0.243 e. The maximum atomic E-state index is 14.6. The van der Waals surface area contributed by atoms with Crippen LogP contribution in [0.2, 0.25) is 0 Å². The molecule has 7 nitrogen and oxygen atoms in total. The van der Waals surface area contributed by atoms with Crippen molar-refractivity contribution in [3.8, 4) is 0 Å². The molecule has 9 heteroatoms. The van der Waals surface area contributed by atoms with Gasteiger partial charge in [0.25, 0.3) is 0 Å². The average Bonchev–Trinajstić information content (AvgIpc) is 3.24. The lowest BCUT2D eigenvalue weighted by atomic mass is 9.96. The first kappa shape index (κ1) is 23.1. The molecule has 33 heavy (non-hydrogen) atoms. The summed E-state index contributed by atoms with van der Waals surface area (Å²) in [4.78, 5) is 17.7. The van der Waals surface area contributed by atoms with Crippen LogP contribution in [0.5, 0.6) is 0 Å². The number of carbonyl (C=O) groups is 1. The van der Waals surface area contributed by atoms with Gasteiger partial charge in [-0.2, -0.15) is 4.31 Å². The summed E-state index contributed by atoms with van der Waals surface area (Å²) >= 11 is 0. The number of halogens is 1. The van der Waals surface area contributed by atoms with Crippen LogP contribution in [-0.2, 0) is 21.9 Å². The van der Waals surface area contributed by atoms with Crippen molar-refractivity contribution in [2.24, 2.45) is 13.0 Å². The van der Waals surface area contributed by atoms with Gasteiger partial charge in [0.05, 0.1) is 4.90 Å². The highest BCUT2D eigenvalue weighted by molar-refractivity contribution is 7.89. The molecule has 1 aromatic heterocycles. The van der Waals surface area contributed by atoms with Crippen molar-refractivity contribution in [3.05, 3.63) is 83.7 Å². The van der Waals surface area contributed by atoms with Crippen LogP contribution >= 0.6 is 0 Å². The summed E-state index contributed by atoms with van der Waals surface area (Å²) in [6.45, 7) is 2.40. The van der Waals surface area contributed by atoms with E-state index in [9.17, 15) is 17.6 Å². The Morgan fingerprint density at radius 2 is 1.79 bits per heavy atom. The minimum absolute atomic E-state index is 0.237. The molecule has 0 spiro atoms. The van der Waals surface area contributed by atoms with Crippen LogP contribution in [0.25, 0.3) is 0 Å². The fraction of sp³-hybridized carbons (Fsp3) is 0.333. The van der Waals surface area contributed by atoms with Crippen LogP contribution < -0.4 is 5.32 Å². The third kappa shape index (κ3) is 4.84. The van der Waals surface area contributed by atoms with Crippen molar-refractivity contribution in [1.29, 1.82) is 0 Å². The van der Waals surface area contributed by atoms with E-state index < -0.39 is 21.9 Å². The molecule has 0 unspecified atom stereocenters. The van der Waals surface area contributed by atoms with E-state index >= 15 is 0 Å². The van der Waals surface area contributed by atoms with E-state index in [0.29, 0.717) is 24.2 Å². The number of aromatic nitrogens is 2. The molecular formula is C24H27FN4O3S. The maximum Gasteiger partial charge on any atom is 0.243 e. The Labute approximate surface area is 193 Å². The second-order valence-electron chi connectivity index (χ2n) is 8.35. The SMILES string of the molecule is Cc1ccc(S(=O)(=O)N2CCC(C(=O)N[C@@H](c3ccccc3F)c3nccn3C)CC2)cc1. The fourth-order valence-electron chi connectivity index (χ4n) is 4.12. The van der Waals surface area contributed by atoms with Gasteiger partial charge in [0, 0.05) is 44.0 Å². The van der Waals surface area contributed by atoms with Gasteiger partial charge in [-0.3, -0.25) is 4.79 Å². The number of benzene rings is 2. The van der Waals surface area contributed by atoms with Gasteiger partial charge >= 0.3 is 0 Å². The first-order chi connectivity index (χ1) is 15.8. The van der Waals surface area contributed by atoms with E-state index in [0.717, 1.165) is 5.56 Å². The van der Waals surface area contributed by atoms with Crippen LogP contribution in [0.1, 0.15) is 35.8 Å². The van der Waals surface area contributed by atoms with Gasteiger partial charge in [-0.05, 0) is 38.0 Å². The number of hydrogen-bond donors (Lipinski definition) is 1. The summed E-state index contributed by atoms with van der Waals surface area (Å²) in [5, 5.41) is 2.95. The van der Waals surface area contributed by atoms with Crippen molar-refractivity contribution in [1.82, 2.24) is 19.2 Å². The molecule has 4 rings (SSSR count). The van der Waals surface area contributed by atoms with Crippen molar-refractivity contribution in [2.45, 2.75) is 30.7 Å². The van der Waals surface area contributed by atoms with Crippen LogP contribution in [0.3, 0.4) is 0 Å². The van der Waals surface area contributed by atoms with Gasteiger partial charge in [0.2, 0.25) is 15.9 Å². The number of aryl methyl sites for hydroxylation is 2. The van der Waals surface area contributed by atoms with E-state index in [1.165, 1.54) is 10.4 Å². The molecule has 1 aliphatic heterocycles. The molecule has 1 fully saturated rings. The first-order valence-corrected chi connectivity index (χ1v) is 12.3. The van der Waals surface area contributed by atoms with Crippen molar-refractivity contribution in [2.75, 3.05) is 13.1 Å². The number of imidazole rings is 1. The third-order valence-electron chi connectivity index (χ3n) is 6.10. The Kier molecular flexibility index (Phi) is 6.62. The normalized spacial score (nSPS) is 16.5. The molecule has 1 N–H and O–H groups in total. The minimum atomic E-state index is -3.60. The molecular weight excluding hydrogens is 443 g/mol. The predicted octanol–water partition coefficient (Wildman–Crippen LogP) is 3.17. The number of piperidine rings is 1. The zero-order valence-corrected chi connectivity index (χ0v) is 19.4. The summed E-state index contributed by atoms with van der Waals surface area (Å²) in [7, 11) is -1.81. The Balaban J connectivity index is 1.47. The van der Waals surface area contributed by atoms with Crippen LogP contribution in [0.15, 0.2) is 65.8 Å². The number of sulfonamides is 1. The quantitative estimate of drug-likeness (QED) is 0.600. The first-order valence-electron chi connectivity index (χ1n) is 10.9. The van der Waals surface area contributed by atoms with Crippen molar-refractivity contribution >= 4 is 15.9 Å². The van der Waals surface area contributed by atoms with Crippen LogP contribution in [-0.4, -0.2) is 41.3 Å². The molecule has 0 bridgehead atoms. The second kappa shape index (κ2) is 9.44. The molecule has 2 aromatic carbocycles. The number of amides is 1. The summed E-state index contributed by atoms with van der Waals surface area (Å²) in [5.74, 6) is -0.514.